The molecule has 0 aromatic carbocycles. The van der Waals surface area contributed by atoms with Crippen molar-refractivity contribution in [3.05, 3.63) is 41.5 Å². The number of pyridine rings is 1. The first-order valence-electron chi connectivity index (χ1n) is 5.71. The molecule has 7 heteroatoms. The zero-order chi connectivity index (χ0) is 13.1. The summed E-state index contributed by atoms with van der Waals surface area (Å²) >= 11 is 1.55. The molecule has 0 amide bonds. The van der Waals surface area contributed by atoms with Gasteiger partial charge in [-0.15, -0.1) is 11.3 Å². The van der Waals surface area contributed by atoms with E-state index in [9.17, 15) is 0 Å². The zero-order valence-corrected chi connectivity index (χ0v) is 10.8. The number of hydrogen-bond donors (Lipinski definition) is 3. The number of nitrogens with one attached hydrogen (secondary N) is 2. The van der Waals surface area contributed by atoms with Crippen LogP contribution < -0.4 is 16.6 Å². The first kappa shape index (κ1) is 11.8. The van der Waals surface area contributed by atoms with Crippen LogP contribution in [0.1, 0.15) is 5.56 Å². The third-order valence-corrected chi connectivity index (χ3v) is 3.44. The van der Waals surface area contributed by atoms with Crippen molar-refractivity contribution in [3.8, 4) is 0 Å². The van der Waals surface area contributed by atoms with Gasteiger partial charge in [0, 0.05) is 18.9 Å². The van der Waals surface area contributed by atoms with E-state index in [0.29, 0.717) is 12.5 Å². The summed E-state index contributed by atoms with van der Waals surface area (Å²) in [6.45, 7) is 0.653. The Kier molecular flexibility index (Phi) is 3.21. The summed E-state index contributed by atoms with van der Waals surface area (Å²) in [5.41, 5.74) is 3.57. The van der Waals surface area contributed by atoms with E-state index in [-0.39, 0.29) is 0 Å². The molecule has 0 saturated carbocycles. The van der Waals surface area contributed by atoms with Crippen molar-refractivity contribution in [1.82, 2.24) is 15.0 Å². The van der Waals surface area contributed by atoms with E-state index in [1.54, 1.807) is 17.5 Å². The van der Waals surface area contributed by atoms with E-state index in [1.807, 2.05) is 29.8 Å². The van der Waals surface area contributed by atoms with Gasteiger partial charge in [-0.05, 0) is 23.1 Å². The predicted octanol–water partition coefficient (Wildman–Crippen LogP) is 1.98. The van der Waals surface area contributed by atoms with Gasteiger partial charge in [-0.25, -0.2) is 10.8 Å². The van der Waals surface area contributed by atoms with E-state index in [4.69, 9.17) is 5.84 Å². The highest BCUT2D eigenvalue weighted by molar-refractivity contribution is 7.16. The smallest absolute Gasteiger partial charge is 0.240 e. The van der Waals surface area contributed by atoms with Gasteiger partial charge in [-0.1, -0.05) is 6.07 Å². The number of thiophene rings is 1. The maximum absolute atomic E-state index is 5.38. The highest BCUT2D eigenvalue weighted by Crippen LogP contribution is 2.26. The van der Waals surface area contributed by atoms with Crippen LogP contribution in [0.25, 0.3) is 10.2 Å². The van der Waals surface area contributed by atoms with Crippen molar-refractivity contribution in [2.45, 2.75) is 6.54 Å². The van der Waals surface area contributed by atoms with Crippen molar-refractivity contribution in [2.24, 2.45) is 5.84 Å². The molecule has 0 atom stereocenters. The SMILES string of the molecule is NNc1nc(NCc2cccnc2)c2ccsc2n1. The van der Waals surface area contributed by atoms with Crippen LogP contribution in [-0.4, -0.2) is 15.0 Å². The van der Waals surface area contributed by atoms with Gasteiger partial charge in [0.1, 0.15) is 10.6 Å². The van der Waals surface area contributed by atoms with Crippen molar-refractivity contribution in [2.75, 3.05) is 10.7 Å². The molecule has 4 N–H and O–H groups in total. The molecule has 3 heterocycles. The number of nitrogen functional groups attached to an aromatic ring is 1. The Bertz CT molecular complexity index is 681. The van der Waals surface area contributed by atoms with E-state index >= 15 is 0 Å². The number of nitrogens with two attached hydrogens (primary N) is 1. The van der Waals surface area contributed by atoms with Crippen LogP contribution in [0.2, 0.25) is 0 Å². The van der Waals surface area contributed by atoms with Crippen LogP contribution >= 0.6 is 11.3 Å². The molecule has 0 radical (unpaired) electrons. The van der Waals surface area contributed by atoms with Crippen LogP contribution in [0.3, 0.4) is 0 Å². The van der Waals surface area contributed by atoms with Crippen molar-refractivity contribution in [3.63, 3.8) is 0 Å². The highest BCUT2D eigenvalue weighted by Gasteiger charge is 2.08. The molecule has 0 bridgehead atoms. The van der Waals surface area contributed by atoms with Crippen molar-refractivity contribution < 1.29 is 0 Å². The number of aromatic nitrogens is 3. The molecule has 0 spiro atoms. The monoisotopic (exact) mass is 272 g/mol. The molecule has 19 heavy (non-hydrogen) atoms. The van der Waals surface area contributed by atoms with E-state index in [2.05, 4.69) is 25.7 Å². The first-order valence-corrected chi connectivity index (χ1v) is 6.59. The fourth-order valence-electron chi connectivity index (χ4n) is 1.74. The lowest BCUT2D eigenvalue weighted by atomic mass is 10.3. The lowest BCUT2D eigenvalue weighted by Crippen LogP contribution is -2.12. The second-order valence-electron chi connectivity index (χ2n) is 3.89. The number of hydrogen-bond acceptors (Lipinski definition) is 7. The Morgan fingerprint density at radius 2 is 2.21 bits per heavy atom. The molecule has 3 rings (SSSR count). The van der Waals surface area contributed by atoms with Crippen LogP contribution in [0.5, 0.6) is 0 Å². The van der Waals surface area contributed by atoms with Crippen LogP contribution in [0.15, 0.2) is 36.0 Å². The Hall–Kier alpha value is -2.25. The maximum atomic E-state index is 5.38. The minimum Gasteiger partial charge on any atom is -0.365 e. The van der Waals surface area contributed by atoms with Gasteiger partial charge in [-0.2, -0.15) is 4.98 Å². The number of fused-ring (bicyclic) bond motifs is 1. The standard InChI is InChI=1S/C12H12N6S/c13-18-12-16-10(9-3-5-19-11(9)17-12)15-7-8-2-1-4-14-6-8/h1-6H,7,13H2,(H2,15,16,17,18). The summed E-state index contributed by atoms with van der Waals surface area (Å²) in [6.07, 6.45) is 3.57. The summed E-state index contributed by atoms with van der Waals surface area (Å²) in [7, 11) is 0. The van der Waals surface area contributed by atoms with E-state index < -0.39 is 0 Å². The maximum Gasteiger partial charge on any atom is 0.240 e. The van der Waals surface area contributed by atoms with Gasteiger partial charge >= 0.3 is 0 Å². The average molecular weight is 272 g/mol. The summed E-state index contributed by atoms with van der Waals surface area (Å²) in [6, 6.07) is 5.91. The molecule has 3 aromatic rings. The normalized spacial score (nSPS) is 10.6. The zero-order valence-electron chi connectivity index (χ0n) is 10.00. The molecule has 0 aliphatic carbocycles. The second-order valence-corrected chi connectivity index (χ2v) is 4.79. The molecule has 0 unspecified atom stereocenters. The third kappa shape index (κ3) is 2.47. The Morgan fingerprint density at radius 1 is 1.26 bits per heavy atom. The number of rotatable bonds is 4. The number of anilines is 2. The minimum atomic E-state index is 0.406. The van der Waals surface area contributed by atoms with Gasteiger partial charge in [0.25, 0.3) is 0 Å². The second kappa shape index (κ2) is 5.17. The van der Waals surface area contributed by atoms with Crippen LogP contribution in [0, 0.1) is 0 Å². The highest BCUT2D eigenvalue weighted by atomic mass is 32.1. The summed E-state index contributed by atoms with van der Waals surface area (Å²) < 4.78 is 0. The molecule has 0 saturated heterocycles. The van der Waals surface area contributed by atoms with Gasteiger partial charge in [0.15, 0.2) is 0 Å². The summed E-state index contributed by atoms with van der Waals surface area (Å²) in [5.74, 6) is 6.55. The van der Waals surface area contributed by atoms with Crippen LogP contribution in [-0.2, 0) is 6.54 Å². The quantitative estimate of drug-likeness (QED) is 0.497. The fraction of sp³-hybridized carbons (Fsp3) is 0.0833. The van der Waals surface area contributed by atoms with Crippen LogP contribution in [0.4, 0.5) is 11.8 Å². The molecule has 96 valence electrons. The molecule has 0 aliphatic rings. The fourth-order valence-corrected chi connectivity index (χ4v) is 2.51. The number of nitrogens with zero attached hydrogens (tertiary/aromatic N) is 3. The largest absolute Gasteiger partial charge is 0.365 e. The molecule has 3 aromatic heterocycles. The number of hydrazine groups is 1. The van der Waals surface area contributed by atoms with Gasteiger partial charge in [0.2, 0.25) is 5.95 Å². The summed E-state index contributed by atoms with van der Waals surface area (Å²) in [4.78, 5) is 13.6. The molecule has 0 fully saturated rings. The lowest BCUT2D eigenvalue weighted by molar-refractivity contribution is 1.08. The minimum absolute atomic E-state index is 0.406. The van der Waals surface area contributed by atoms with Crippen molar-refractivity contribution >= 4 is 33.3 Å². The summed E-state index contributed by atoms with van der Waals surface area (Å²) in [5, 5.41) is 6.26. The van der Waals surface area contributed by atoms with E-state index in [0.717, 1.165) is 21.6 Å². The Balaban J connectivity index is 1.89. The molecule has 6 nitrogen and oxygen atoms in total. The topological polar surface area (TPSA) is 88.8 Å². The third-order valence-electron chi connectivity index (χ3n) is 2.64. The van der Waals surface area contributed by atoms with Gasteiger partial charge in [-0.3, -0.25) is 10.4 Å². The average Bonchev–Trinajstić information content (AvgIpc) is 2.94. The first-order chi connectivity index (χ1) is 9.36. The lowest BCUT2D eigenvalue weighted by Gasteiger charge is -2.08. The van der Waals surface area contributed by atoms with Gasteiger partial charge < -0.3 is 5.32 Å². The Labute approximate surface area is 113 Å². The Morgan fingerprint density at radius 3 is 3.00 bits per heavy atom. The molecule has 0 aliphatic heterocycles. The predicted molar refractivity (Wildman–Crippen MR) is 76.8 cm³/mol. The van der Waals surface area contributed by atoms with Gasteiger partial charge in [0.05, 0.1) is 5.39 Å². The van der Waals surface area contributed by atoms with Crippen molar-refractivity contribution in [1.29, 1.82) is 0 Å². The molecular weight excluding hydrogens is 260 g/mol. The molecular formula is C12H12N6S. The van der Waals surface area contributed by atoms with E-state index in [1.165, 1.54) is 0 Å².